The number of nitrogens with two attached hydrogens (primary N) is 1. The van der Waals surface area contributed by atoms with E-state index in [1.807, 2.05) is 6.26 Å². The molecule has 54 valence electrons. The second-order valence-electron chi connectivity index (χ2n) is 1.81. The third-order valence-electron chi connectivity index (χ3n) is 0.818. The van der Waals surface area contributed by atoms with Crippen LogP contribution in [0.1, 0.15) is 6.42 Å². The summed E-state index contributed by atoms with van der Waals surface area (Å²) >= 11 is 1.56. The molecule has 0 aromatic carbocycles. The number of carbonyl (C=O) groups is 1. The number of thioether (sulfide) groups is 1. The maximum absolute atomic E-state index is 10.00. The molecule has 0 radical (unpaired) electrons. The van der Waals surface area contributed by atoms with E-state index >= 15 is 0 Å². The van der Waals surface area contributed by atoms with Crippen molar-refractivity contribution in [3.8, 4) is 0 Å². The van der Waals surface area contributed by atoms with Crippen LogP contribution >= 0.6 is 11.8 Å². The summed E-state index contributed by atoms with van der Waals surface area (Å²) in [5.74, 6) is -0.108. The van der Waals surface area contributed by atoms with Crippen LogP contribution in [0.2, 0.25) is 0 Å². The SMILES string of the molecule is CSC[C@H](N)CC(=O)O. The summed E-state index contributed by atoms with van der Waals surface area (Å²) in [6.07, 6.45) is 1.97. The maximum Gasteiger partial charge on any atom is 0.304 e. The largest absolute Gasteiger partial charge is 0.481 e. The van der Waals surface area contributed by atoms with E-state index in [1.54, 1.807) is 11.8 Å². The number of aliphatic carboxylic acids is 1. The van der Waals surface area contributed by atoms with Gasteiger partial charge in [0.2, 0.25) is 0 Å². The number of carboxylic acids is 1. The molecule has 3 nitrogen and oxygen atoms in total. The van der Waals surface area contributed by atoms with Gasteiger partial charge in [-0.25, -0.2) is 0 Å². The molecular formula is C5H11NO2S. The van der Waals surface area contributed by atoms with Gasteiger partial charge in [-0.05, 0) is 6.26 Å². The zero-order valence-corrected chi connectivity index (χ0v) is 6.15. The fraction of sp³-hybridized carbons (Fsp3) is 0.800. The van der Waals surface area contributed by atoms with Gasteiger partial charge in [0.15, 0.2) is 0 Å². The van der Waals surface area contributed by atoms with Crippen LogP contribution in [0, 0.1) is 0 Å². The molecule has 0 rings (SSSR count). The Morgan fingerprint density at radius 3 is 2.78 bits per heavy atom. The Hall–Kier alpha value is -0.220. The summed E-state index contributed by atoms with van der Waals surface area (Å²) in [6, 6.07) is -0.197. The predicted octanol–water partition coefficient (Wildman–Crippen LogP) is 0.151. The van der Waals surface area contributed by atoms with Crippen LogP contribution in [0.25, 0.3) is 0 Å². The van der Waals surface area contributed by atoms with Crippen LogP contribution in [0.4, 0.5) is 0 Å². The monoisotopic (exact) mass is 149 g/mol. The van der Waals surface area contributed by atoms with Gasteiger partial charge in [0.25, 0.3) is 0 Å². The highest BCUT2D eigenvalue weighted by Crippen LogP contribution is 1.97. The first-order chi connectivity index (χ1) is 4.16. The second kappa shape index (κ2) is 4.64. The molecule has 9 heavy (non-hydrogen) atoms. The van der Waals surface area contributed by atoms with Crippen molar-refractivity contribution in [1.82, 2.24) is 0 Å². The smallest absolute Gasteiger partial charge is 0.304 e. The van der Waals surface area contributed by atoms with Gasteiger partial charge < -0.3 is 10.8 Å². The number of carboxylic acid groups (broad SMARTS) is 1. The fourth-order valence-corrected chi connectivity index (χ4v) is 1.04. The summed E-state index contributed by atoms with van der Waals surface area (Å²) in [5, 5.41) is 8.22. The lowest BCUT2D eigenvalue weighted by molar-refractivity contribution is -0.137. The molecule has 0 fully saturated rings. The van der Waals surface area contributed by atoms with Crippen LogP contribution in [0.5, 0.6) is 0 Å². The summed E-state index contributed by atoms with van der Waals surface area (Å²) in [7, 11) is 0. The quantitative estimate of drug-likeness (QED) is 0.597. The molecule has 0 aromatic heterocycles. The van der Waals surface area contributed by atoms with Crippen molar-refractivity contribution in [3.05, 3.63) is 0 Å². The van der Waals surface area contributed by atoms with Gasteiger partial charge in [0, 0.05) is 11.8 Å². The molecular weight excluding hydrogens is 138 g/mol. The van der Waals surface area contributed by atoms with Crippen molar-refractivity contribution in [2.75, 3.05) is 12.0 Å². The summed E-state index contributed by atoms with van der Waals surface area (Å²) in [5.41, 5.74) is 5.38. The summed E-state index contributed by atoms with van der Waals surface area (Å²) in [4.78, 5) is 10.00. The average molecular weight is 149 g/mol. The normalized spacial score (nSPS) is 13.1. The maximum atomic E-state index is 10.00. The zero-order valence-electron chi connectivity index (χ0n) is 5.33. The van der Waals surface area contributed by atoms with Crippen molar-refractivity contribution in [3.63, 3.8) is 0 Å². The Kier molecular flexibility index (Phi) is 4.53. The predicted molar refractivity (Wildman–Crippen MR) is 38.6 cm³/mol. The zero-order chi connectivity index (χ0) is 7.28. The molecule has 0 amide bonds. The molecule has 3 N–H and O–H groups in total. The lowest BCUT2D eigenvalue weighted by Gasteiger charge is -2.04. The highest BCUT2D eigenvalue weighted by molar-refractivity contribution is 7.98. The minimum Gasteiger partial charge on any atom is -0.481 e. The van der Waals surface area contributed by atoms with E-state index in [2.05, 4.69) is 0 Å². The van der Waals surface area contributed by atoms with Crippen molar-refractivity contribution >= 4 is 17.7 Å². The van der Waals surface area contributed by atoms with Crippen LogP contribution in [-0.2, 0) is 4.79 Å². The molecule has 0 saturated carbocycles. The molecule has 0 bridgehead atoms. The minimum atomic E-state index is -0.823. The fourth-order valence-electron chi connectivity index (χ4n) is 0.497. The first-order valence-electron chi connectivity index (χ1n) is 2.63. The van der Waals surface area contributed by atoms with Gasteiger partial charge in [-0.15, -0.1) is 0 Å². The van der Waals surface area contributed by atoms with E-state index in [1.165, 1.54) is 0 Å². The topological polar surface area (TPSA) is 63.3 Å². The highest BCUT2D eigenvalue weighted by atomic mass is 32.2. The Morgan fingerprint density at radius 2 is 2.44 bits per heavy atom. The van der Waals surface area contributed by atoms with Crippen molar-refractivity contribution in [1.29, 1.82) is 0 Å². The van der Waals surface area contributed by atoms with Gasteiger partial charge >= 0.3 is 5.97 Å². The van der Waals surface area contributed by atoms with Crippen LogP contribution in [0.3, 0.4) is 0 Å². The molecule has 0 aliphatic rings. The first-order valence-corrected chi connectivity index (χ1v) is 4.02. The van der Waals surface area contributed by atoms with E-state index in [-0.39, 0.29) is 12.5 Å². The van der Waals surface area contributed by atoms with Gasteiger partial charge in [-0.3, -0.25) is 4.79 Å². The summed E-state index contributed by atoms with van der Waals surface area (Å²) in [6.45, 7) is 0. The van der Waals surface area contributed by atoms with E-state index in [4.69, 9.17) is 10.8 Å². The van der Waals surface area contributed by atoms with Gasteiger partial charge in [0.05, 0.1) is 6.42 Å². The van der Waals surface area contributed by atoms with Gasteiger partial charge in [0.1, 0.15) is 0 Å². The van der Waals surface area contributed by atoms with E-state index in [0.29, 0.717) is 5.75 Å². The second-order valence-corrected chi connectivity index (χ2v) is 2.72. The first kappa shape index (κ1) is 8.78. The third-order valence-corrected chi connectivity index (χ3v) is 1.58. The number of hydrogen-bond acceptors (Lipinski definition) is 3. The number of hydrogen-bond donors (Lipinski definition) is 2. The van der Waals surface area contributed by atoms with Gasteiger partial charge in [-0.1, -0.05) is 0 Å². The van der Waals surface area contributed by atoms with Crippen LogP contribution in [0.15, 0.2) is 0 Å². The van der Waals surface area contributed by atoms with Crippen molar-refractivity contribution < 1.29 is 9.90 Å². The molecule has 0 aliphatic heterocycles. The van der Waals surface area contributed by atoms with E-state index < -0.39 is 5.97 Å². The Morgan fingerprint density at radius 1 is 1.89 bits per heavy atom. The lowest BCUT2D eigenvalue weighted by atomic mass is 10.2. The standard InChI is InChI=1S/C5H11NO2S/c1-9-3-4(6)2-5(7)8/h4H,2-3,6H2,1H3,(H,7,8)/t4-/m1/s1. The Bertz CT molecular complexity index is 97.0. The third kappa shape index (κ3) is 5.65. The van der Waals surface area contributed by atoms with Gasteiger partial charge in [-0.2, -0.15) is 11.8 Å². The average Bonchev–Trinajstić information content (AvgIpc) is 1.63. The van der Waals surface area contributed by atoms with Crippen LogP contribution in [-0.4, -0.2) is 29.1 Å². The molecule has 4 heteroatoms. The molecule has 0 saturated heterocycles. The highest BCUT2D eigenvalue weighted by Gasteiger charge is 2.05. The molecule has 0 heterocycles. The molecule has 0 aromatic rings. The Balaban J connectivity index is 3.26. The molecule has 1 atom stereocenters. The lowest BCUT2D eigenvalue weighted by Crippen LogP contribution is -2.25. The van der Waals surface area contributed by atoms with E-state index in [9.17, 15) is 4.79 Å². The molecule has 0 aliphatic carbocycles. The number of rotatable bonds is 4. The van der Waals surface area contributed by atoms with Crippen LogP contribution < -0.4 is 5.73 Å². The van der Waals surface area contributed by atoms with E-state index in [0.717, 1.165) is 0 Å². The molecule has 0 unspecified atom stereocenters. The van der Waals surface area contributed by atoms with Crippen molar-refractivity contribution in [2.45, 2.75) is 12.5 Å². The molecule has 0 spiro atoms. The summed E-state index contributed by atoms with van der Waals surface area (Å²) < 4.78 is 0. The van der Waals surface area contributed by atoms with Crippen molar-refractivity contribution in [2.24, 2.45) is 5.73 Å². The Labute approximate surface area is 58.6 Å². The minimum absolute atomic E-state index is 0.0703.